The van der Waals surface area contributed by atoms with Crippen LogP contribution in [0.25, 0.3) is 0 Å². The number of ether oxygens (including phenoxy) is 2. The molecule has 4 nitrogen and oxygen atoms in total. The molecular weight excluding hydrogens is 180 g/mol. The molecule has 0 saturated carbocycles. The maximum atomic E-state index is 9.59. The molecule has 70 valence electrons. The third kappa shape index (κ3) is 1.16. The van der Waals surface area contributed by atoms with Crippen LogP contribution in [0.5, 0.6) is 0 Å². The highest BCUT2D eigenvalue weighted by molar-refractivity contribution is 8.00. The van der Waals surface area contributed by atoms with Crippen LogP contribution in [0, 0.1) is 0 Å². The van der Waals surface area contributed by atoms with Crippen molar-refractivity contribution in [1.29, 1.82) is 0 Å². The lowest BCUT2D eigenvalue weighted by molar-refractivity contribution is -0.242. The number of aliphatic hydroxyl groups excluding tert-OH is 2. The van der Waals surface area contributed by atoms with Gasteiger partial charge in [-0.15, -0.1) is 0 Å². The van der Waals surface area contributed by atoms with Crippen LogP contribution in [-0.4, -0.2) is 52.9 Å². The molecule has 2 heterocycles. The summed E-state index contributed by atoms with van der Waals surface area (Å²) in [4.78, 5) is 0. The largest absolute Gasteiger partial charge is 0.389 e. The van der Waals surface area contributed by atoms with Crippen LogP contribution in [0.1, 0.15) is 0 Å². The fourth-order valence-corrected chi connectivity index (χ4v) is 3.02. The third-order valence-electron chi connectivity index (χ3n) is 2.33. The van der Waals surface area contributed by atoms with E-state index in [1.165, 1.54) is 7.11 Å². The van der Waals surface area contributed by atoms with Gasteiger partial charge in [-0.05, 0) is 0 Å². The van der Waals surface area contributed by atoms with E-state index >= 15 is 0 Å². The number of methoxy groups -OCH3 is 1. The van der Waals surface area contributed by atoms with Crippen LogP contribution in [0.2, 0.25) is 0 Å². The second-order valence-corrected chi connectivity index (χ2v) is 4.27. The van der Waals surface area contributed by atoms with Gasteiger partial charge >= 0.3 is 0 Å². The second kappa shape index (κ2) is 3.16. The van der Waals surface area contributed by atoms with E-state index in [-0.39, 0.29) is 11.4 Å². The summed E-state index contributed by atoms with van der Waals surface area (Å²) in [5.74, 6) is 0.739. The Morgan fingerprint density at radius 2 is 2.17 bits per heavy atom. The van der Waals surface area contributed by atoms with Gasteiger partial charge in [0.05, 0.1) is 17.5 Å². The van der Waals surface area contributed by atoms with Crippen molar-refractivity contribution < 1.29 is 19.7 Å². The van der Waals surface area contributed by atoms with Gasteiger partial charge in [0.1, 0.15) is 6.10 Å². The van der Waals surface area contributed by atoms with Gasteiger partial charge in [-0.1, -0.05) is 0 Å². The Balaban J connectivity index is 2.12. The molecule has 0 radical (unpaired) electrons. The average Bonchev–Trinajstić information content (AvgIpc) is 2.31. The first-order valence-corrected chi connectivity index (χ1v) is 4.95. The van der Waals surface area contributed by atoms with E-state index in [1.54, 1.807) is 11.8 Å². The zero-order valence-electron chi connectivity index (χ0n) is 6.71. The van der Waals surface area contributed by atoms with Crippen molar-refractivity contribution >= 4 is 11.8 Å². The van der Waals surface area contributed by atoms with Gasteiger partial charge < -0.3 is 19.7 Å². The van der Waals surface area contributed by atoms with Crippen LogP contribution >= 0.6 is 11.8 Å². The second-order valence-electron chi connectivity index (χ2n) is 3.06. The Labute approximate surface area is 74.9 Å². The molecule has 0 aliphatic carbocycles. The molecule has 2 fully saturated rings. The van der Waals surface area contributed by atoms with Gasteiger partial charge in [-0.25, -0.2) is 0 Å². The Morgan fingerprint density at radius 3 is 2.83 bits per heavy atom. The van der Waals surface area contributed by atoms with E-state index in [0.29, 0.717) is 0 Å². The Bertz CT molecular complexity index is 177. The fraction of sp³-hybridized carbons (Fsp3) is 1.00. The van der Waals surface area contributed by atoms with Gasteiger partial charge in [0, 0.05) is 12.9 Å². The molecule has 12 heavy (non-hydrogen) atoms. The van der Waals surface area contributed by atoms with Gasteiger partial charge in [0.15, 0.2) is 6.29 Å². The van der Waals surface area contributed by atoms with Crippen LogP contribution in [0.3, 0.4) is 0 Å². The Hall–Kier alpha value is 0.190. The molecular formula is C7H12O4S. The van der Waals surface area contributed by atoms with E-state index in [0.717, 1.165) is 5.75 Å². The summed E-state index contributed by atoms with van der Waals surface area (Å²) in [5, 5.41) is 19.0. The number of aliphatic hydroxyl groups is 2. The maximum Gasteiger partial charge on any atom is 0.184 e. The molecule has 2 aliphatic rings. The smallest absolute Gasteiger partial charge is 0.184 e. The molecule has 2 bridgehead atoms. The lowest BCUT2D eigenvalue weighted by Gasteiger charge is -2.34. The summed E-state index contributed by atoms with van der Waals surface area (Å²) in [7, 11) is 1.50. The van der Waals surface area contributed by atoms with Crippen molar-refractivity contribution in [3.8, 4) is 0 Å². The van der Waals surface area contributed by atoms with Crippen molar-refractivity contribution in [2.75, 3.05) is 12.9 Å². The van der Waals surface area contributed by atoms with Gasteiger partial charge in [0.25, 0.3) is 0 Å². The highest BCUT2D eigenvalue weighted by atomic mass is 32.2. The minimum atomic E-state index is -0.714. The SMILES string of the molecule is CO[C@H]1O[C@@H]2CS[C@H]([C@@H]1O)[C@@H]2O. The zero-order chi connectivity index (χ0) is 8.72. The molecule has 0 spiro atoms. The normalized spacial score (nSPS) is 52.8. The molecule has 0 aromatic carbocycles. The van der Waals surface area contributed by atoms with Crippen LogP contribution in [0.15, 0.2) is 0 Å². The number of hydrogen-bond donors (Lipinski definition) is 2. The lowest BCUT2D eigenvalue weighted by atomic mass is 10.0. The van der Waals surface area contributed by atoms with Crippen molar-refractivity contribution in [2.45, 2.75) is 29.9 Å². The molecule has 5 heteroatoms. The number of hydrogen-bond acceptors (Lipinski definition) is 5. The molecule has 2 N–H and O–H groups in total. The minimum Gasteiger partial charge on any atom is -0.389 e. The highest BCUT2D eigenvalue weighted by Gasteiger charge is 2.49. The van der Waals surface area contributed by atoms with E-state index in [9.17, 15) is 10.2 Å². The highest BCUT2D eigenvalue weighted by Crippen LogP contribution is 2.38. The van der Waals surface area contributed by atoms with Crippen LogP contribution < -0.4 is 0 Å². The van der Waals surface area contributed by atoms with Gasteiger partial charge in [-0.2, -0.15) is 11.8 Å². The Morgan fingerprint density at radius 1 is 1.42 bits per heavy atom. The zero-order valence-corrected chi connectivity index (χ0v) is 7.53. The van der Waals surface area contributed by atoms with Crippen LogP contribution in [0.4, 0.5) is 0 Å². The summed E-state index contributed by atoms with van der Waals surface area (Å²) >= 11 is 1.54. The molecule has 2 saturated heterocycles. The molecule has 0 unspecified atom stereocenters. The Kier molecular flexibility index (Phi) is 2.31. The topological polar surface area (TPSA) is 58.9 Å². The van der Waals surface area contributed by atoms with Crippen molar-refractivity contribution in [1.82, 2.24) is 0 Å². The number of thioether (sulfide) groups is 1. The van der Waals surface area contributed by atoms with E-state index in [1.807, 2.05) is 0 Å². The summed E-state index contributed by atoms with van der Waals surface area (Å²) in [6.45, 7) is 0. The van der Waals surface area contributed by atoms with Gasteiger partial charge in [-0.3, -0.25) is 0 Å². The number of rotatable bonds is 1. The molecule has 5 atom stereocenters. The minimum absolute atomic E-state index is 0.145. The lowest BCUT2D eigenvalue weighted by Crippen LogP contribution is -2.52. The number of fused-ring (bicyclic) bond motifs is 2. The van der Waals surface area contributed by atoms with Gasteiger partial charge in [0.2, 0.25) is 0 Å². The summed E-state index contributed by atoms with van der Waals surface area (Å²) in [6, 6.07) is 0. The molecule has 0 amide bonds. The standard InChI is InChI=1S/C7H12O4S/c1-10-7-5(9)6-4(8)3(11-7)2-12-6/h3-9H,2H2,1H3/t3-,4-,5+,6+,7+/m1/s1. The molecule has 2 aliphatic heterocycles. The first-order valence-electron chi connectivity index (χ1n) is 3.90. The van der Waals surface area contributed by atoms with Crippen molar-refractivity contribution in [2.24, 2.45) is 0 Å². The van der Waals surface area contributed by atoms with E-state index in [2.05, 4.69) is 0 Å². The van der Waals surface area contributed by atoms with E-state index < -0.39 is 18.5 Å². The summed E-state index contributed by atoms with van der Waals surface area (Å²) in [5.41, 5.74) is 0. The summed E-state index contributed by atoms with van der Waals surface area (Å²) in [6.07, 6.45) is -2.00. The fourth-order valence-electron chi connectivity index (χ4n) is 1.64. The van der Waals surface area contributed by atoms with Crippen LogP contribution in [-0.2, 0) is 9.47 Å². The predicted octanol–water partition coefficient (Wildman–Crippen LogP) is -0.805. The quantitative estimate of drug-likeness (QED) is 0.569. The third-order valence-corrected chi connectivity index (χ3v) is 3.79. The summed E-state index contributed by atoms with van der Waals surface area (Å²) < 4.78 is 10.2. The molecule has 0 aromatic rings. The van der Waals surface area contributed by atoms with Crippen molar-refractivity contribution in [3.63, 3.8) is 0 Å². The van der Waals surface area contributed by atoms with E-state index in [4.69, 9.17) is 9.47 Å². The first-order chi connectivity index (χ1) is 5.74. The first kappa shape index (κ1) is 8.77. The maximum absolute atomic E-state index is 9.59. The average molecular weight is 192 g/mol. The molecule has 0 aromatic heterocycles. The van der Waals surface area contributed by atoms with Crippen molar-refractivity contribution in [3.05, 3.63) is 0 Å². The monoisotopic (exact) mass is 192 g/mol. The molecule has 2 rings (SSSR count). The predicted molar refractivity (Wildman–Crippen MR) is 43.9 cm³/mol.